The molecule has 2 aliphatic rings. The quantitative estimate of drug-likeness (QED) is 0.811. The summed E-state index contributed by atoms with van der Waals surface area (Å²) in [4.78, 5) is 14.6. The summed E-state index contributed by atoms with van der Waals surface area (Å²) in [5.74, 6) is -0.0472. The number of hydrogen-bond acceptors (Lipinski definition) is 3. The molecule has 0 aromatic heterocycles. The molecule has 1 aromatic rings. The van der Waals surface area contributed by atoms with E-state index in [0.29, 0.717) is 34.4 Å². The number of nitrogens with two attached hydrogens (primary N) is 1. The molecule has 1 heterocycles. The van der Waals surface area contributed by atoms with E-state index in [9.17, 15) is 4.79 Å². The van der Waals surface area contributed by atoms with Gasteiger partial charge in [0.05, 0.1) is 34.5 Å². The maximum Gasteiger partial charge on any atom is 0.254 e. The van der Waals surface area contributed by atoms with Gasteiger partial charge in [-0.05, 0) is 31.4 Å². The molecule has 1 aromatic carbocycles. The van der Waals surface area contributed by atoms with Gasteiger partial charge < -0.3 is 15.4 Å². The largest absolute Gasteiger partial charge is 0.396 e. The Morgan fingerprint density at radius 1 is 1.30 bits per heavy atom. The number of amides is 1. The highest BCUT2D eigenvalue weighted by molar-refractivity contribution is 6.39. The lowest BCUT2D eigenvalue weighted by molar-refractivity contribution is -0.0445. The SMILES string of the molecule is Nc1c(Cl)cc(C(=O)N2CCOC3CCCC32)cc1Cl. The van der Waals surface area contributed by atoms with E-state index in [-0.39, 0.29) is 18.1 Å². The number of halogens is 2. The predicted octanol–water partition coefficient (Wildman–Crippen LogP) is 2.97. The highest BCUT2D eigenvalue weighted by Crippen LogP contribution is 2.33. The zero-order valence-electron chi connectivity index (χ0n) is 10.9. The first-order chi connectivity index (χ1) is 9.58. The molecule has 1 aliphatic carbocycles. The minimum Gasteiger partial charge on any atom is -0.396 e. The van der Waals surface area contributed by atoms with E-state index in [1.165, 1.54) is 0 Å². The molecule has 1 saturated carbocycles. The Bertz CT molecular complexity index is 527. The lowest BCUT2D eigenvalue weighted by Gasteiger charge is -2.37. The lowest BCUT2D eigenvalue weighted by atomic mass is 10.1. The number of benzene rings is 1. The summed E-state index contributed by atoms with van der Waals surface area (Å²) in [5, 5.41) is 0.633. The molecule has 6 heteroatoms. The zero-order valence-corrected chi connectivity index (χ0v) is 12.5. The maximum atomic E-state index is 12.7. The number of nitrogens with zero attached hydrogens (tertiary/aromatic N) is 1. The normalized spacial score (nSPS) is 25.6. The van der Waals surface area contributed by atoms with Gasteiger partial charge in [-0.1, -0.05) is 23.2 Å². The second-order valence-corrected chi connectivity index (χ2v) is 6.07. The third-order valence-electron chi connectivity index (χ3n) is 4.07. The van der Waals surface area contributed by atoms with Crippen LogP contribution in [0.1, 0.15) is 29.6 Å². The van der Waals surface area contributed by atoms with Crippen LogP contribution in [0.15, 0.2) is 12.1 Å². The summed E-state index contributed by atoms with van der Waals surface area (Å²) in [6.45, 7) is 1.20. The Hall–Kier alpha value is -0.970. The molecule has 2 atom stereocenters. The van der Waals surface area contributed by atoms with Crippen molar-refractivity contribution in [3.05, 3.63) is 27.7 Å². The van der Waals surface area contributed by atoms with Gasteiger partial charge in [0.15, 0.2) is 0 Å². The van der Waals surface area contributed by atoms with Crippen molar-refractivity contribution in [3.63, 3.8) is 0 Å². The zero-order chi connectivity index (χ0) is 14.3. The third-order valence-corrected chi connectivity index (χ3v) is 4.69. The second-order valence-electron chi connectivity index (χ2n) is 5.26. The fourth-order valence-electron chi connectivity index (χ4n) is 3.05. The van der Waals surface area contributed by atoms with Gasteiger partial charge in [0.25, 0.3) is 5.91 Å². The maximum absolute atomic E-state index is 12.7. The van der Waals surface area contributed by atoms with E-state index in [2.05, 4.69) is 0 Å². The summed E-state index contributed by atoms with van der Waals surface area (Å²) in [5.41, 5.74) is 6.50. The topological polar surface area (TPSA) is 55.6 Å². The molecule has 3 rings (SSSR count). The van der Waals surface area contributed by atoms with Crippen molar-refractivity contribution in [3.8, 4) is 0 Å². The van der Waals surface area contributed by atoms with Gasteiger partial charge in [0.2, 0.25) is 0 Å². The molecule has 0 spiro atoms. The van der Waals surface area contributed by atoms with Crippen LogP contribution < -0.4 is 5.73 Å². The van der Waals surface area contributed by atoms with Gasteiger partial charge in [-0.25, -0.2) is 0 Å². The molecular formula is C14H16Cl2N2O2. The Kier molecular flexibility index (Phi) is 3.80. The number of rotatable bonds is 1. The molecule has 20 heavy (non-hydrogen) atoms. The number of ether oxygens (including phenoxy) is 1. The smallest absolute Gasteiger partial charge is 0.254 e. The predicted molar refractivity (Wildman–Crippen MR) is 79.3 cm³/mol. The van der Waals surface area contributed by atoms with Crippen molar-refractivity contribution in [1.82, 2.24) is 4.90 Å². The molecule has 1 aliphatic heterocycles. The number of fused-ring (bicyclic) bond motifs is 1. The molecule has 2 fully saturated rings. The Labute approximate surface area is 127 Å². The number of anilines is 1. The van der Waals surface area contributed by atoms with Gasteiger partial charge in [0.1, 0.15) is 0 Å². The van der Waals surface area contributed by atoms with E-state index in [4.69, 9.17) is 33.7 Å². The highest BCUT2D eigenvalue weighted by atomic mass is 35.5. The van der Waals surface area contributed by atoms with Crippen molar-refractivity contribution in [2.45, 2.75) is 31.4 Å². The van der Waals surface area contributed by atoms with Crippen LogP contribution in [0, 0.1) is 0 Å². The van der Waals surface area contributed by atoms with E-state index in [1.54, 1.807) is 12.1 Å². The van der Waals surface area contributed by atoms with Crippen molar-refractivity contribution in [2.24, 2.45) is 0 Å². The highest BCUT2D eigenvalue weighted by Gasteiger charge is 2.38. The molecule has 0 bridgehead atoms. The second kappa shape index (κ2) is 5.43. The number of carbonyl (C=O) groups excluding carboxylic acids is 1. The summed E-state index contributed by atoms with van der Waals surface area (Å²) < 4.78 is 5.72. The van der Waals surface area contributed by atoms with Crippen molar-refractivity contribution in [1.29, 1.82) is 0 Å². The molecule has 1 saturated heterocycles. The molecule has 108 valence electrons. The fraction of sp³-hybridized carbons (Fsp3) is 0.500. The van der Waals surface area contributed by atoms with Crippen LogP contribution in [0.2, 0.25) is 10.0 Å². The van der Waals surface area contributed by atoms with E-state index >= 15 is 0 Å². The van der Waals surface area contributed by atoms with Gasteiger partial charge in [0, 0.05) is 12.1 Å². The van der Waals surface area contributed by atoms with Gasteiger partial charge >= 0.3 is 0 Å². The average molecular weight is 315 g/mol. The van der Waals surface area contributed by atoms with Crippen molar-refractivity contribution < 1.29 is 9.53 Å². The fourth-order valence-corrected chi connectivity index (χ4v) is 3.54. The molecular weight excluding hydrogens is 299 g/mol. The van der Waals surface area contributed by atoms with Gasteiger partial charge in [-0.2, -0.15) is 0 Å². The number of nitrogen functional groups attached to an aromatic ring is 1. The third kappa shape index (κ3) is 2.36. The Morgan fingerprint density at radius 2 is 2.00 bits per heavy atom. The summed E-state index contributed by atoms with van der Waals surface area (Å²) in [6, 6.07) is 3.35. The standard InChI is InChI=1S/C14H16Cl2N2O2/c15-9-6-8(7-10(16)13(9)17)14(19)18-4-5-20-12-3-1-2-11(12)18/h6-7,11-12H,1-5,17H2. The summed E-state index contributed by atoms with van der Waals surface area (Å²) >= 11 is 12.0. The molecule has 0 radical (unpaired) electrons. The molecule has 1 amide bonds. The molecule has 2 N–H and O–H groups in total. The average Bonchev–Trinajstić information content (AvgIpc) is 2.91. The van der Waals surface area contributed by atoms with Crippen LogP contribution in [-0.4, -0.2) is 36.1 Å². The van der Waals surface area contributed by atoms with Crippen LogP contribution in [-0.2, 0) is 4.74 Å². The first-order valence-corrected chi connectivity index (χ1v) is 7.50. The van der Waals surface area contributed by atoms with Crippen LogP contribution in [0.25, 0.3) is 0 Å². The van der Waals surface area contributed by atoms with E-state index in [1.807, 2.05) is 4.90 Å². The monoisotopic (exact) mass is 314 g/mol. The Morgan fingerprint density at radius 3 is 2.70 bits per heavy atom. The number of morpholine rings is 1. The van der Waals surface area contributed by atoms with Gasteiger partial charge in [-0.15, -0.1) is 0 Å². The van der Waals surface area contributed by atoms with Gasteiger partial charge in [-0.3, -0.25) is 4.79 Å². The van der Waals surface area contributed by atoms with E-state index < -0.39 is 0 Å². The van der Waals surface area contributed by atoms with Crippen LogP contribution in [0.5, 0.6) is 0 Å². The molecule has 2 unspecified atom stereocenters. The minimum atomic E-state index is -0.0472. The molecule has 4 nitrogen and oxygen atoms in total. The van der Waals surface area contributed by atoms with Crippen molar-refractivity contribution >= 4 is 34.8 Å². The first kappa shape index (κ1) is 14.0. The summed E-state index contributed by atoms with van der Waals surface area (Å²) in [7, 11) is 0. The first-order valence-electron chi connectivity index (χ1n) is 6.75. The summed E-state index contributed by atoms with van der Waals surface area (Å²) in [6.07, 6.45) is 3.29. The van der Waals surface area contributed by atoms with Crippen LogP contribution in [0.4, 0.5) is 5.69 Å². The van der Waals surface area contributed by atoms with E-state index in [0.717, 1.165) is 19.3 Å². The minimum absolute atomic E-state index is 0.0472. The number of hydrogen-bond donors (Lipinski definition) is 1. The van der Waals surface area contributed by atoms with Crippen molar-refractivity contribution in [2.75, 3.05) is 18.9 Å². The lowest BCUT2D eigenvalue weighted by Crippen LogP contribution is -2.51. The van der Waals surface area contributed by atoms with Crippen LogP contribution in [0.3, 0.4) is 0 Å². The number of carbonyl (C=O) groups is 1. The Balaban J connectivity index is 1.88. The van der Waals surface area contributed by atoms with Crippen LogP contribution >= 0.6 is 23.2 Å².